The highest BCUT2D eigenvalue weighted by Gasteiger charge is 2.20. The molecule has 0 fully saturated rings. The van der Waals surface area contributed by atoms with E-state index in [1.54, 1.807) is 23.7 Å². The summed E-state index contributed by atoms with van der Waals surface area (Å²) < 4.78 is 2.10. The van der Waals surface area contributed by atoms with E-state index in [4.69, 9.17) is 0 Å². The molecule has 0 aliphatic heterocycles. The average molecular weight is 411 g/mol. The van der Waals surface area contributed by atoms with Crippen molar-refractivity contribution in [2.45, 2.75) is 67.3 Å². The van der Waals surface area contributed by atoms with Gasteiger partial charge in [-0.05, 0) is 61.4 Å². The third kappa shape index (κ3) is 5.45. The summed E-state index contributed by atoms with van der Waals surface area (Å²) in [5, 5.41) is 3.20. The highest BCUT2D eigenvalue weighted by molar-refractivity contribution is 7.16. The molecule has 0 saturated carbocycles. The quantitative estimate of drug-likeness (QED) is 0.298. The minimum Gasteiger partial charge on any atom is -0.330 e. The van der Waals surface area contributed by atoms with Crippen molar-refractivity contribution in [1.82, 2.24) is 9.55 Å². The lowest BCUT2D eigenvalue weighted by molar-refractivity contribution is 0.104. The van der Waals surface area contributed by atoms with Crippen molar-refractivity contribution < 1.29 is 4.79 Å². The molecular weight excluding hydrogens is 376 g/mol. The van der Waals surface area contributed by atoms with Crippen LogP contribution in [-0.4, -0.2) is 15.3 Å². The fraction of sp³-hybridized carbons (Fsp3) is 0.440. The van der Waals surface area contributed by atoms with Crippen LogP contribution in [0.15, 0.2) is 42.0 Å². The summed E-state index contributed by atoms with van der Waals surface area (Å²) in [5.41, 5.74) is 3.46. The Morgan fingerprint density at radius 3 is 2.59 bits per heavy atom. The lowest BCUT2D eigenvalue weighted by Gasteiger charge is -2.11. The van der Waals surface area contributed by atoms with Crippen molar-refractivity contribution in [3.8, 4) is 0 Å². The molecular formula is C25H34N2OS. The minimum atomic E-state index is 0.0713. The Balaban J connectivity index is 0.000000370. The second-order valence-electron chi connectivity index (χ2n) is 7.48. The Morgan fingerprint density at radius 1 is 1.28 bits per heavy atom. The van der Waals surface area contributed by atoms with E-state index in [9.17, 15) is 4.79 Å². The van der Waals surface area contributed by atoms with Crippen LogP contribution in [-0.2, 0) is 6.54 Å². The fourth-order valence-corrected chi connectivity index (χ4v) is 4.46. The third-order valence-electron chi connectivity index (χ3n) is 5.37. The van der Waals surface area contributed by atoms with Gasteiger partial charge >= 0.3 is 0 Å². The summed E-state index contributed by atoms with van der Waals surface area (Å²) in [7, 11) is 0. The topological polar surface area (TPSA) is 34.9 Å². The molecule has 3 heterocycles. The zero-order valence-corrected chi connectivity index (χ0v) is 19.5. The van der Waals surface area contributed by atoms with Crippen LogP contribution in [0.4, 0.5) is 0 Å². The second kappa shape index (κ2) is 11.1. The lowest BCUT2D eigenvalue weighted by atomic mass is 9.97. The first-order valence-corrected chi connectivity index (χ1v) is 11.5. The number of fused-ring (bicyclic) bond motifs is 1. The molecule has 29 heavy (non-hydrogen) atoms. The Morgan fingerprint density at radius 2 is 2.03 bits per heavy atom. The van der Waals surface area contributed by atoms with Gasteiger partial charge in [-0.1, -0.05) is 46.1 Å². The molecule has 0 aliphatic carbocycles. The molecule has 4 heteroatoms. The van der Waals surface area contributed by atoms with Crippen LogP contribution in [0.2, 0.25) is 0 Å². The smallest absolute Gasteiger partial charge is 0.209 e. The van der Waals surface area contributed by atoms with Gasteiger partial charge in [-0.25, -0.2) is 0 Å². The predicted octanol–water partition coefficient (Wildman–Crippen LogP) is 7.54. The molecule has 156 valence electrons. The van der Waals surface area contributed by atoms with Crippen LogP contribution in [0.1, 0.15) is 75.5 Å². The number of nitrogens with zero attached hydrogens (tertiary/aromatic N) is 2. The number of aromatic nitrogens is 2. The molecule has 0 aliphatic rings. The monoisotopic (exact) mass is 410 g/mol. The van der Waals surface area contributed by atoms with Crippen LogP contribution in [0.5, 0.6) is 0 Å². The first kappa shape index (κ1) is 23.1. The molecule has 0 bridgehead atoms. The number of aryl methyl sites for hydroxylation is 2. The average Bonchev–Trinajstić information content (AvgIpc) is 3.31. The maximum Gasteiger partial charge on any atom is 0.209 e. The van der Waals surface area contributed by atoms with E-state index in [0.29, 0.717) is 0 Å². The third-order valence-corrected chi connectivity index (χ3v) is 6.32. The molecule has 0 aromatic carbocycles. The van der Waals surface area contributed by atoms with Crippen molar-refractivity contribution in [3.63, 3.8) is 0 Å². The first-order valence-electron chi connectivity index (χ1n) is 10.7. The first-order chi connectivity index (χ1) is 14.0. The van der Waals surface area contributed by atoms with Crippen molar-refractivity contribution in [2.24, 2.45) is 5.92 Å². The number of carbonyl (C=O) groups excluding carboxylic acids is 1. The molecule has 1 atom stereocenters. The van der Waals surface area contributed by atoms with Gasteiger partial charge in [-0.3, -0.25) is 9.78 Å². The summed E-state index contributed by atoms with van der Waals surface area (Å²) in [6.07, 6.45) is 9.51. The zero-order valence-electron chi connectivity index (χ0n) is 18.7. The van der Waals surface area contributed by atoms with Gasteiger partial charge in [0.1, 0.15) is 4.83 Å². The summed E-state index contributed by atoms with van der Waals surface area (Å²) in [6.45, 7) is 13.6. The van der Waals surface area contributed by atoms with Gasteiger partial charge in [-0.15, -0.1) is 11.3 Å². The van der Waals surface area contributed by atoms with E-state index < -0.39 is 0 Å². The SMILES string of the molecule is C/C=C(/C(=O)c1cc2ccsc2n1CC)c1ccncc1C.CCCC(C)CC. The normalized spacial score (nSPS) is 12.6. The van der Waals surface area contributed by atoms with Crippen LogP contribution in [0.3, 0.4) is 0 Å². The van der Waals surface area contributed by atoms with Crippen LogP contribution < -0.4 is 0 Å². The van der Waals surface area contributed by atoms with Crippen LogP contribution in [0.25, 0.3) is 15.8 Å². The summed E-state index contributed by atoms with van der Waals surface area (Å²) in [5.74, 6) is 1.02. The summed E-state index contributed by atoms with van der Waals surface area (Å²) >= 11 is 1.68. The molecule has 0 saturated heterocycles. The Labute approximate surface area is 179 Å². The van der Waals surface area contributed by atoms with E-state index in [2.05, 4.69) is 48.7 Å². The fourth-order valence-electron chi connectivity index (χ4n) is 3.50. The number of carbonyl (C=O) groups is 1. The lowest BCUT2D eigenvalue weighted by Crippen LogP contribution is -2.10. The Kier molecular flexibility index (Phi) is 8.84. The van der Waals surface area contributed by atoms with E-state index in [1.807, 2.05) is 32.1 Å². The number of allylic oxidation sites excluding steroid dienone is 2. The van der Waals surface area contributed by atoms with Crippen molar-refractivity contribution in [3.05, 3.63) is 58.9 Å². The molecule has 0 amide bonds. The number of ketones is 1. The standard InChI is InChI=1S/C18H18N2OS.C7H16/c1-4-14(15-6-8-19-11-12(15)3)17(21)16-10-13-7-9-22-18(13)20(16)5-2;1-4-6-7(3)5-2/h4,6-11H,5H2,1-3H3;7H,4-6H2,1-3H3/b14-4+;. The summed E-state index contributed by atoms with van der Waals surface area (Å²) in [6, 6.07) is 5.97. The largest absolute Gasteiger partial charge is 0.330 e. The molecule has 0 spiro atoms. The van der Waals surface area contributed by atoms with Crippen molar-refractivity contribution in [1.29, 1.82) is 0 Å². The second-order valence-corrected chi connectivity index (χ2v) is 8.37. The van der Waals surface area contributed by atoms with Gasteiger partial charge in [0.2, 0.25) is 5.78 Å². The molecule has 1 unspecified atom stereocenters. The molecule has 3 aromatic heterocycles. The van der Waals surface area contributed by atoms with E-state index in [0.717, 1.165) is 45.1 Å². The molecule has 3 rings (SSSR count). The zero-order chi connectivity index (χ0) is 21.4. The Bertz CT molecular complexity index is 964. The number of thiophene rings is 1. The molecule has 0 N–H and O–H groups in total. The van der Waals surface area contributed by atoms with E-state index in [1.165, 1.54) is 19.3 Å². The number of pyridine rings is 1. The number of hydrogen-bond donors (Lipinski definition) is 0. The van der Waals surface area contributed by atoms with Gasteiger partial charge in [-0.2, -0.15) is 0 Å². The Hall–Kier alpha value is -2.20. The van der Waals surface area contributed by atoms with Crippen molar-refractivity contribution >= 4 is 32.9 Å². The van der Waals surface area contributed by atoms with Crippen LogP contribution in [0, 0.1) is 12.8 Å². The molecule has 3 nitrogen and oxygen atoms in total. The van der Waals surface area contributed by atoms with Gasteiger partial charge in [0.15, 0.2) is 0 Å². The van der Waals surface area contributed by atoms with Crippen molar-refractivity contribution in [2.75, 3.05) is 0 Å². The maximum atomic E-state index is 13.1. The van der Waals surface area contributed by atoms with E-state index in [-0.39, 0.29) is 5.78 Å². The van der Waals surface area contributed by atoms with Gasteiger partial charge in [0.25, 0.3) is 0 Å². The molecule has 3 aromatic rings. The van der Waals surface area contributed by atoms with E-state index >= 15 is 0 Å². The highest BCUT2D eigenvalue weighted by Crippen LogP contribution is 2.29. The maximum absolute atomic E-state index is 13.1. The number of hydrogen-bond acceptors (Lipinski definition) is 3. The van der Waals surface area contributed by atoms with Crippen LogP contribution >= 0.6 is 11.3 Å². The van der Waals surface area contributed by atoms with Gasteiger partial charge in [0.05, 0.1) is 5.69 Å². The predicted molar refractivity (Wildman–Crippen MR) is 127 cm³/mol. The van der Waals surface area contributed by atoms with Gasteiger partial charge < -0.3 is 4.57 Å². The highest BCUT2D eigenvalue weighted by atomic mass is 32.1. The van der Waals surface area contributed by atoms with Gasteiger partial charge in [0, 0.05) is 29.9 Å². The number of rotatable bonds is 7. The molecule has 0 radical (unpaired) electrons. The minimum absolute atomic E-state index is 0.0713. The number of Topliss-reactive ketones (excluding diaryl/α,β-unsaturated/α-hetero) is 1. The summed E-state index contributed by atoms with van der Waals surface area (Å²) in [4.78, 5) is 18.3.